The summed E-state index contributed by atoms with van der Waals surface area (Å²) in [5.41, 5.74) is 1.70. The van der Waals surface area contributed by atoms with E-state index in [0.717, 1.165) is 56.9 Å². The summed E-state index contributed by atoms with van der Waals surface area (Å²) in [5.74, 6) is 3.64. The molecule has 5 fully saturated rings. The van der Waals surface area contributed by atoms with Crippen molar-refractivity contribution in [2.75, 3.05) is 6.54 Å². The predicted octanol–water partition coefficient (Wildman–Crippen LogP) is 6.12. The maximum Gasteiger partial charge on any atom is 0.302 e. The molecule has 0 unspecified atom stereocenters. The Balaban J connectivity index is 1.26. The first-order chi connectivity index (χ1) is 17.0. The second-order valence-electron chi connectivity index (χ2n) is 14.1. The van der Waals surface area contributed by atoms with E-state index in [4.69, 9.17) is 9.47 Å². The number of fused-ring (bicyclic) bond motifs is 7. The van der Waals surface area contributed by atoms with E-state index < -0.39 is 0 Å². The average molecular weight is 498 g/mol. The van der Waals surface area contributed by atoms with Crippen LogP contribution in [0.25, 0.3) is 0 Å². The standard InChI is InChI=1S/C31H47NO4/c1-18-9-14-31(32(17-18)20(3)33)19(2)28-27(36-31)16-26-24-8-7-22-15-23(35-21(4)34)10-12-29(22,5)25(24)11-13-30(26,28)6/h7,18-19,23-28H,8-17H2,1-6H3/t18-,19+,23+,24-,25+,26+,27+,28+,29+,30+,31-/m0/s1. The highest BCUT2D eigenvalue weighted by Crippen LogP contribution is 2.70. The minimum absolute atomic E-state index is 0.0611. The van der Waals surface area contributed by atoms with Crippen molar-refractivity contribution in [3.63, 3.8) is 0 Å². The van der Waals surface area contributed by atoms with Gasteiger partial charge in [-0.1, -0.05) is 39.3 Å². The number of esters is 1. The van der Waals surface area contributed by atoms with E-state index in [-0.39, 0.29) is 40.6 Å². The zero-order valence-corrected chi connectivity index (χ0v) is 23.3. The molecule has 0 radical (unpaired) electrons. The molecule has 4 aliphatic carbocycles. The van der Waals surface area contributed by atoms with Gasteiger partial charge in [0.05, 0.1) is 6.10 Å². The molecule has 36 heavy (non-hydrogen) atoms. The maximum atomic E-state index is 12.8. The largest absolute Gasteiger partial charge is 0.462 e. The maximum absolute atomic E-state index is 12.8. The highest BCUT2D eigenvalue weighted by atomic mass is 16.5. The summed E-state index contributed by atoms with van der Waals surface area (Å²) in [6.45, 7) is 13.9. The lowest BCUT2D eigenvalue weighted by molar-refractivity contribution is -0.200. The molecule has 0 aromatic carbocycles. The van der Waals surface area contributed by atoms with Crippen molar-refractivity contribution in [2.45, 2.75) is 117 Å². The van der Waals surface area contributed by atoms with Crippen LogP contribution in [0.3, 0.4) is 0 Å². The number of nitrogens with zero attached hydrogens (tertiary/aromatic N) is 1. The highest BCUT2D eigenvalue weighted by Gasteiger charge is 2.69. The molecular formula is C31H47NO4. The first kappa shape index (κ1) is 24.9. The molecule has 2 heterocycles. The average Bonchev–Trinajstić information content (AvgIpc) is 3.26. The SMILES string of the molecule is CC(=O)O[C@@H]1CC[C@]2(C)C(=CC[C@@H]3[C@H]4C[C@H]5O[C@@]6(CC[C@H](C)CN6C(C)=O)[C@H](C)[C@H]5[C@]4(C)CC[C@H]32)C1. The monoisotopic (exact) mass is 497 g/mol. The lowest BCUT2D eigenvalue weighted by atomic mass is 9.46. The Labute approximate surface area is 217 Å². The van der Waals surface area contributed by atoms with Gasteiger partial charge in [-0.15, -0.1) is 0 Å². The van der Waals surface area contributed by atoms with Gasteiger partial charge in [0.1, 0.15) is 11.8 Å². The number of carbonyl (C=O) groups excluding carboxylic acids is 2. The second kappa shape index (κ2) is 8.32. The fraction of sp³-hybridized carbons (Fsp3) is 0.871. The Kier molecular flexibility index (Phi) is 5.76. The van der Waals surface area contributed by atoms with Crippen molar-refractivity contribution in [3.8, 4) is 0 Å². The summed E-state index contributed by atoms with van der Waals surface area (Å²) in [5, 5.41) is 0. The molecular weight excluding hydrogens is 450 g/mol. The zero-order chi connectivity index (χ0) is 25.6. The molecule has 1 amide bonds. The number of hydrogen-bond donors (Lipinski definition) is 0. The summed E-state index contributed by atoms with van der Waals surface area (Å²) in [6, 6.07) is 0. The summed E-state index contributed by atoms with van der Waals surface area (Å²) in [4.78, 5) is 26.5. The Hall–Kier alpha value is -1.36. The third kappa shape index (κ3) is 3.36. The molecule has 0 aromatic heterocycles. The number of ether oxygens (including phenoxy) is 2. The van der Waals surface area contributed by atoms with Crippen LogP contribution < -0.4 is 0 Å². The van der Waals surface area contributed by atoms with E-state index in [9.17, 15) is 9.59 Å². The normalized spacial score (nSPS) is 51.6. The van der Waals surface area contributed by atoms with Crippen LogP contribution in [0.5, 0.6) is 0 Å². The minimum Gasteiger partial charge on any atom is -0.462 e. The molecule has 200 valence electrons. The van der Waals surface area contributed by atoms with Gasteiger partial charge in [-0.05, 0) is 91.8 Å². The molecule has 1 spiro atoms. The fourth-order valence-electron chi connectivity index (χ4n) is 10.8. The van der Waals surface area contributed by atoms with Crippen molar-refractivity contribution >= 4 is 11.9 Å². The molecule has 2 aliphatic heterocycles. The molecule has 6 rings (SSSR count). The second-order valence-corrected chi connectivity index (χ2v) is 14.1. The Morgan fingerprint density at radius 1 is 1.06 bits per heavy atom. The Morgan fingerprint density at radius 3 is 2.56 bits per heavy atom. The molecule has 0 aromatic rings. The van der Waals surface area contributed by atoms with Crippen molar-refractivity contribution in [3.05, 3.63) is 11.6 Å². The van der Waals surface area contributed by atoms with Crippen LogP contribution in [0.15, 0.2) is 11.6 Å². The molecule has 5 nitrogen and oxygen atoms in total. The van der Waals surface area contributed by atoms with Gasteiger partial charge < -0.3 is 14.4 Å². The summed E-state index contributed by atoms with van der Waals surface area (Å²) in [6.07, 6.45) is 13.0. The number of likely N-dealkylation sites (tertiary alicyclic amines) is 1. The number of rotatable bonds is 1. The highest BCUT2D eigenvalue weighted by molar-refractivity contribution is 5.74. The third-order valence-electron chi connectivity index (χ3n) is 12.4. The number of hydrogen-bond acceptors (Lipinski definition) is 4. The molecule has 0 N–H and O–H groups in total. The van der Waals surface area contributed by atoms with Gasteiger partial charge in [-0.2, -0.15) is 0 Å². The smallest absolute Gasteiger partial charge is 0.302 e. The molecule has 5 heteroatoms. The van der Waals surface area contributed by atoms with Crippen molar-refractivity contribution in [1.29, 1.82) is 0 Å². The van der Waals surface area contributed by atoms with Crippen molar-refractivity contribution in [2.24, 2.45) is 46.3 Å². The molecule has 6 aliphatic rings. The zero-order valence-electron chi connectivity index (χ0n) is 23.3. The van der Waals surface area contributed by atoms with Gasteiger partial charge in [0.25, 0.3) is 0 Å². The fourth-order valence-corrected chi connectivity index (χ4v) is 10.8. The Morgan fingerprint density at radius 2 is 1.83 bits per heavy atom. The van der Waals surface area contributed by atoms with E-state index >= 15 is 0 Å². The summed E-state index contributed by atoms with van der Waals surface area (Å²) >= 11 is 0. The lowest BCUT2D eigenvalue weighted by Gasteiger charge is -2.59. The van der Waals surface area contributed by atoms with Gasteiger partial charge in [0.2, 0.25) is 5.91 Å². The Bertz CT molecular complexity index is 976. The quantitative estimate of drug-likeness (QED) is 0.324. The number of carbonyl (C=O) groups is 2. The summed E-state index contributed by atoms with van der Waals surface area (Å²) in [7, 11) is 0. The van der Waals surface area contributed by atoms with E-state index in [0.29, 0.717) is 23.7 Å². The first-order valence-electron chi connectivity index (χ1n) is 14.8. The van der Waals surface area contributed by atoms with Crippen LogP contribution >= 0.6 is 0 Å². The van der Waals surface area contributed by atoms with Crippen molar-refractivity contribution in [1.82, 2.24) is 4.90 Å². The van der Waals surface area contributed by atoms with E-state index in [1.807, 2.05) is 0 Å². The van der Waals surface area contributed by atoms with Crippen LogP contribution in [0.1, 0.15) is 99.3 Å². The summed E-state index contributed by atoms with van der Waals surface area (Å²) < 4.78 is 12.7. The topological polar surface area (TPSA) is 55.8 Å². The van der Waals surface area contributed by atoms with Gasteiger partial charge in [0.15, 0.2) is 0 Å². The predicted molar refractivity (Wildman–Crippen MR) is 139 cm³/mol. The third-order valence-corrected chi connectivity index (χ3v) is 12.4. The number of amides is 1. The van der Waals surface area contributed by atoms with E-state index in [2.05, 4.69) is 38.7 Å². The van der Waals surface area contributed by atoms with Crippen molar-refractivity contribution < 1.29 is 19.1 Å². The van der Waals surface area contributed by atoms with E-state index in [1.165, 1.54) is 26.2 Å². The number of allylic oxidation sites excluding steroid dienone is 1. The first-order valence-corrected chi connectivity index (χ1v) is 14.8. The van der Waals surface area contributed by atoms with Crippen LogP contribution in [0.4, 0.5) is 0 Å². The van der Waals surface area contributed by atoms with Gasteiger partial charge >= 0.3 is 5.97 Å². The van der Waals surface area contributed by atoms with Crippen LogP contribution in [-0.4, -0.2) is 41.3 Å². The van der Waals surface area contributed by atoms with Crippen LogP contribution in [-0.2, 0) is 19.1 Å². The number of piperidine rings is 1. The van der Waals surface area contributed by atoms with Gasteiger partial charge in [-0.3, -0.25) is 9.59 Å². The molecule has 2 saturated heterocycles. The minimum atomic E-state index is -0.390. The van der Waals surface area contributed by atoms with E-state index in [1.54, 1.807) is 12.5 Å². The lowest BCUT2D eigenvalue weighted by Crippen LogP contribution is -2.60. The molecule has 11 atom stereocenters. The molecule has 3 saturated carbocycles. The van der Waals surface area contributed by atoms with Gasteiger partial charge in [-0.25, -0.2) is 0 Å². The molecule has 0 bridgehead atoms. The van der Waals surface area contributed by atoms with Gasteiger partial charge in [0, 0.05) is 32.7 Å². The van der Waals surface area contributed by atoms with Crippen LogP contribution in [0.2, 0.25) is 0 Å². The van der Waals surface area contributed by atoms with Crippen LogP contribution in [0, 0.1) is 46.3 Å².